The third-order valence-corrected chi connectivity index (χ3v) is 6.62. The highest BCUT2D eigenvalue weighted by atomic mass is 35.5. The molecule has 1 aromatic heterocycles. The molecule has 0 aliphatic carbocycles. The number of allylic oxidation sites excluding steroid dienone is 1. The Morgan fingerprint density at radius 1 is 1.17 bits per heavy atom. The van der Waals surface area contributed by atoms with Gasteiger partial charge in [0, 0.05) is 17.1 Å². The van der Waals surface area contributed by atoms with Gasteiger partial charge in [-0.05, 0) is 43.2 Å². The molecule has 2 amide bonds. The van der Waals surface area contributed by atoms with Gasteiger partial charge in [-0.25, -0.2) is 0 Å². The van der Waals surface area contributed by atoms with E-state index in [0.717, 1.165) is 5.56 Å². The van der Waals surface area contributed by atoms with Gasteiger partial charge in [-0.1, -0.05) is 72.6 Å². The molecule has 0 spiro atoms. The highest BCUT2D eigenvalue weighted by Gasteiger charge is 2.26. The second-order valence-corrected chi connectivity index (χ2v) is 10.1. The van der Waals surface area contributed by atoms with E-state index in [1.54, 1.807) is 30.3 Å². The van der Waals surface area contributed by atoms with E-state index in [-0.39, 0.29) is 29.5 Å². The van der Waals surface area contributed by atoms with E-state index in [2.05, 4.69) is 27.4 Å². The van der Waals surface area contributed by atoms with Crippen LogP contribution in [0.5, 0.6) is 0 Å². The third-order valence-electron chi connectivity index (χ3n) is 5.11. The molecule has 0 bridgehead atoms. The van der Waals surface area contributed by atoms with Crippen molar-refractivity contribution in [3.63, 3.8) is 0 Å². The van der Waals surface area contributed by atoms with Crippen molar-refractivity contribution < 1.29 is 9.59 Å². The number of nitrogens with one attached hydrogen (secondary N) is 2. The van der Waals surface area contributed by atoms with Crippen LogP contribution in [0.4, 0.5) is 5.69 Å². The van der Waals surface area contributed by atoms with Gasteiger partial charge in [0.1, 0.15) is 0 Å². The number of anilines is 1. The third kappa shape index (κ3) is 7.10. The first-order valence-corrected chi connectivity index (χ1v) is 12.7. The van der Waals surface area contributed by atoms with Gasteiger partial charge in [-0.3, -0.25) is 9.59 Å². The first-order chi connectivity index (χ1) is 16.7. The molecule has 2 N–H and O–H groups in total. The van der Waals surface area contributed by atoms with Crippen LogP contribution < -0.4 is 10.6 Å². The number of benzene rings is 2. The van der Waals surface area contributed by atoms with E-state index in [1.807, 2.05) is 43.5 Å². The van der Waals surface area contributed by atoms with Gasteiger partial charge in [-0.15, -0.1) is 16.8 Å². The molecule has 1 heterocycles. The number of aryl methyl sites for hydroxylation is 1. The predicted molar refractivity (Wildman–Crippen MR) is 142 cm³/mol. The quantitative estimate of drug-likeness (QED) is 0.249. The summed E-state index contributed by atoms with van der Waals surface area (Å²) in [5.41, 5.74) is 2.07. The van der Waals surface area contributed by atoms with Crippen molar-refractivity contribution in [1.82, 2.24) is 20.1 Å². The van der Waals surface area contributed by atoms with E-state index >= 15 is 0 Å². The minimum atomic E-state index is -0.383. The lowest BCUT2D eigenvalue weighted by atomic mass is 10.0. The number of nitrogens with zero attached hydrogens (tertiary/aromatic N) is 3. The van der Waals surface area contributed by atoms with Gasteiger partial charge in [-0.2, -0.15) is 0 Å². The molecule has 7 nitrogen and oxygen atoms in total. The molecule has 0 fully saturated rings. The second kappa shape index (κ2) is 12.2. The van der Waals surface area contributed by atoms with Gasteiger partial charge in [0.25, 0.3) is 5.91 Å². The van der Waals surface area contributed by atoms with Crippen molar-refractivity contribution in [2.75, 3.05) is 11.1 Å². The lowest BCUT2D eigenvalue weighted by Gasteiger charge is -2.22. The number of amides is 2. The summed E-state index contributed by atoms with van der Waals surface area (Å²) in [6.07, 6.45) is 1.73. The summed E-state index contributed by atoms with van der Waals surface area (Å²) < 4.78 is 1.86. The Labute approximate surface area is 219 Å². The number of halogens is 2. The van der Waals surface area contributed by atoms with E-state index in [4.69, 9.17) is 23.2 Å². The first-order valence-electron chi connectivity index (χ1n) is 11.0. The topological polar surface area (TPSA) is 88.9 Å². The number of aromatic nitrogens is 3. The normalized spacial score (nSPS) is 11.8. The monoisotopic (exact) mass is 531 g/mol. The number of hydrogen-bond donors (Lipinski definition) is 2. The van der Waals surface area contributed by atoms with Crippen LogP contribution in [0.1, 0.15) is 41.6 Å². The highest BCUT2D eigenvalue weighted by Crippen LogP contribution is 2.28. The molecule has 1 atom stereocenters. The fourth-order valence-electron chi connectivity index (χ4n) is 3.39. The summed E-state index contributed by atoms with van der Waals surface area (Å²) >= 11 is 13.3. The first kappa shape index (κ1) is 26.8. The molecular formula is C25H27Cl2N5O2S. The zero-order chi connectivity index (χ0) is 25.5. The maximum Gasteiger partial charge on any atom is 0.251 e. The molecule has 0 saturated heterocycles. The average Bonchev–Trinajstić information content (AvgIpc) is 3.20. The molecule has 0 saturated carbocycles. The SMILES string of the molecule is C=CCn1c(SCC(=O)Nc2ccc(Cl)cc2Cl)nnc1[C@@H](NC(=O)c1cccc(C)c1)C(C)C. The number of carbonyl (C=O) groups excluding carboxylic acids is 2. The Morgan fingerprint density at radius 2 is 1.94 bits per heavy atom. The standard InChI is InChI=1S/C25H27Cl2N5O2S/c1-5-11-32-23(22(15(2)3)29-24(34)17-8-6-7-16(4)12-17)30-31-25(32)35-14-21(33)28-20-10-9-18(26)13-19(20)27/h5-10,12-13,15,22H,1,11,14H2,2-4H3,(H,28,33)(H,29,34)/t22-/m0/s1. The van der Waals surface area contributed by atoms with Crippen molar-refractivity contribution in [1.29, 1.82) is 0 Å². The molecule has 3 aromatic rings. The van der Waals surface area contributed by atoms with Crippen LogP contribution in [-0.2, 0) is 11.3 Å². The van der Waals surface area contributed by atoms with Crippen molar-refractivity contribution in [3.05, 3.63) is 82.1 Å². The molecular weight excluding hydrogens is 505 g/mol. The molecule has 0 unspecified atom stereocenters. The van der Waals surface area contributed by atoms with Crippen LogP contribution in [0.2, 0.25) is 10.0 Å². The molecule has 35 heavy (non-hydrogen) atoms. The molecule has 10 heteroatoms. The Morgan fingerprint density at radius 3 is 2.60 bits per heavy atom. The fourth-order valence-corrected chi connectivity index (χ4v) is 4.60. The van der Waals surface area contributed by atoms with Crippen molar-refractivity contribution in [3.8, 4) is 0 Å². The largest absolute Gasteiger partial charge is 0.342 e. The maximum absolute atomic E-state index is 12.9. The summed E-state index contributed by atoms with van der Waals surface area (Å²) in [6, 6.07) is 11.9. The van der Waals surface area contributed by atoms with E-state index in [1.165, 1.54) is 11.8 Å². The Balaban J connectivity index is 1.75. The smallest absolute Gasteiger partial charge is 0.251 e. The van der Waals surface area contributed by atoms with Crippen LogP contribution in [0.3, 0.4) is 0 Å². The zero-order valence-electron chi connectivity index (χ0n) is 19.7. The van der Waals surface area contributed by atoms with Crippen LogP contribution in [-0.4, -0.2) is 32.3 Å². The number of rotatable bonds is 10. The second-order valence-electron chi connectivity index (χ2n) is 8.27. The van der Waals surface area contributed by atoms with Gasteiger partial charge >= 0.3 is 0 Å². The van der Waals surface area contributed by atoms with Gasteiger partial charge in [0.2, 0.25) is 5.91 Å². The number of carbonyl (C=O) groups is 2. The molecule has 0 radical (unpaired) electrons. The fraction of sp³-hybridized carbons (Fsp3) is 0.280. The molecule has 0 aliphatic heterocycles. The summed E-state index contributed by atoms with van der Waals surface area (Å²) in [4.78, 5) is 25.4. The number of thioether (sulfide) groups is 1. The Bertz CT molecular complexity index is 1230. The van der Waals surface area contributed by atoms with Crippen LogP contribution in [0, 0.1) is 12.8 Å². The summed E-state index contributed by atoms with van der Waals surface area (Å²) in [5, 5.41) is 15.9. The van der Waals surface area contributed by atoms with Crippen LogP contribution >= 0.6 is 35.0 Å². The predicted octanol–water partition coefficient (Wildman–Crippen LogP) is 5.94. The summed E-state index contributed by atoms with van der Waals surface area (Å²) in [5.74, 6) is 0.307. The van der Waals surface area contributed by atoms with E-state index < -0.39 is 0 Å². The Kier molecular flexibility index (Phi) is 9.37. The average molecular weight is 532 g/mol. The maximum atomic E-state index is 12.9. The molecule has 3 rings (SSSR count). The zero-order valence-corrected chi connectivity index (χ0v) is 22.0. The van der Waals surface area contributed by atoms with Gasteiger partial charge < -0.3 is 15.2 Å². The minimum absolute atomic E-state index is 0.0460. The lowest BCUT2D eigenvalue weighted by molar-refractivity contribution is -0.113. The van der Waals surface area contributed by atoms with Crippen molar-refractivity contribution in [2.45, 2.75) is 38.5 Å². The minimum Gasteiger partial charge on any atom is -0.342 e. The molecule has 2 aromatic carbocycles. The number of hydrogen-bond acceptors (Lipinski definition) is 5. The van der Waals surface area contributed by atoms with Crippen molar-refractivity contribution >= 4 is 52.5 Å². The van der Waals surface area contributed by atoms with Crippen molar-refractivity contribution in [2.24, 2.45) is 5.92 Å². The lowest BCUT2D eigenvalue weighted by Crippen LogP contribution is -2.34. The van der Waals surface area contributed by atoms with E-state index in [9.17, 15) is 9.59 Å². The van der Waals surface area contributed by atoms with Crippen LogP contribution in [0.15, 0.2) is 60.3 Å². The Hall–Kier alpha value is -2.81. The van der Waals surface area contributed by atoms with Gasteiger partial charge in [0.05, 0.1) is 22.5 Å². The summed E-state index contributed by atoms with van der Waals surface area (Å²) in [6.45, 7) is 10.2. The van der Waals surface area contributed by atoms with E-state index in [0.29, 0.717) is 38.8 Å². The summed E-state index contributed by atoms with van der Waals surface area (Å²) in [7, 11) is 0. The highest BCUT2D eigenvalue weighted by molar-refractivity contribution is 7.99. The van der Waals surface area contributed by atoms with Crippen LogP contribution in [0.25, 0.3) is 0 Å². The molecule has 184 valence electrons. The molecule has 0 aliphatic rings. The van der Waals surface area contributed by atoms with Gasteiger partial charge in [0.15, 0.2) is 11.0 Å².